The van der Waals surface area contributed by atoms with Crippen LogP contribution in [0.3, 0.4) is 0 Å². The SMILES string of the molecule is CCCCCCCC(CC)C(CC(CCC)CCCCC)C(CCC)(CCCC(CCC)CCC)C(CCC(CCC)CCCC)(CC(CCC)CCCCC)C(CC(CCC)CCCCC)(CC(CCC)CCCCC)C(CC(CCC)CCCCC)(C(C)CC(CCC)CCCCC)C(CCC)CCCCCC. The number of hydrogen-bond acceptors (Lipinski definition) is 0. The molecule has 0 bridgehead atoms. The van der Waals surface area contributed by atoms with Crippen LogP contribution >= 0.6 is 0 Å². The van der Waals surface area contributed by atoms with Crippen LogP contribution in [0.4, 0.5) is 0 Å². The van der Waals surface area contributed by atoms with Gasteiger partial charge in [0, 0.05) is 0 Å². The van der Waals surface area contributed by atoms with E-state index in [1.54, 1.807) is 44.9 Å². The summed E-state index contributed by atoms with van der Waals surface area (Å²) in [7, 11) is 0. The van der Waals surface area contributed by atoms with Gasteiger partial charge in [0.25, 0.3) is 0 Å². The van der Waals surface area contributed by atoms with E-state index in [4.69, 9.17) is 0 Å². The molecule has 0 nitrogen and oxygen atoms in total. The Morgan fingerprint density at radius 2 is 0.491 bits per heavy atom. The van der Waals surface area contributed by atoms with Gasteiger partial charge in [-0.15, -0.1) is 0 Å². The van der Waals surface area contributed by atoms with Crippen LogP contribution in [-0.4, -0.2) is 0 Å². The normalized spacial score (nSPS) is 17.6. The second kappa shape index (κ2) is 73.0. The summed E-state index contributed by atoms with van der Waals surface area (Å²) in [5, 5.41) is 0. The molecule has 0 N–H and O–H groups in total. The van der Waals surface area contributed by atoms with E-state index in [9.17, 15) is 0 Å². The summed E-state index contributed by atoms with van der Waals surface area (Å²) in [4.78, 5) is 0. The van der Waals surface area contributed by atoms with Gasteiger partial charge in [-0.2, -0.15) is 0 Å². The Morgan fingerprint density at radius 3 is 0.882 bits per heavy atom. The molecule has 0 aromatic carbocycles. The lowest BCUT2D eigenvalue weighted by Gasteiger charge is -2.75. The Hall–Kier alpha value is 0. The Labute approximate surface area is 703 Å². The summed E-state index contributed by atoms with van der Waals surface area (Å²) < 4.78 is 0. The minimum Gasteiger partial charge on any atom is -0.0654 e. The first kappa shape index (κ1) is 110. The molecule has 0 fully saturated rings. The van der Waals surface area contributed by atoms with Gasteiger partial charge in [0.1, 0.15) is 0 Å². The molecule has 0 aromatic rings. The van der Waals surface area contributed by atoms with Crippen molar-refractivity contribution in [1.29, 1.82) is 0 Å². The molecule has 0 aliphatic heterocycles. The van der Waals surface area contributed by atoms with Crippen molar-refractivity contribution in [1.82, 2.24) is 0 Å². The zero-order valence-corrected chi connectivity index (χ0v) is 81.8. The Kier molecular flexibility index (Phi) is 73.0. The fourth-order valence-corrected chi connectivity index (χ4v) is 26.2. The zero-order chi connectivity index (χ0) is 81.8. The van der Waals surface area contributed by atoms with E-state index in [2.05, 4.69) is 152 Å². The van der Waals surface area contributed by atoms with Crippen LogP contribution in [0.5, 0.6) is 0 Å². The second-order valence-corrected chi connectivity index (χ2v) is 40.2. The van der Waals surface area contributed by atoms with Crippen molar-refractivity contribution in [2.24, 2.45) is 92.7 Å². The highest BCUT2D eigenvalue weighted by Crippen LogP contribution is 2.80. The predicted molar refractivity (Wildman–Crippen MR) is 509 cm³/mol. The van der Waals surface area contributed by atoms with Gasteiger partial charge in [0.15, 0.2) is 0 Å². The van der Waals surface area contributed by atoms with Crippen LogP contribution < -0.4 is 0 Å². The molecule has 0 rings (SSSR count). The molecule has 0 heteroatoms. The van der Waals surface area contributed by atoms with E-state index >= 15 is 0 Å². The summed E-state index contributed by atoms with van der Waals surface area (Å²) >= 11 is 0. The van der Waals surface area contributed by atoms with E-state index in [0.29, 0.717) is 5.92 Å². The molecule has 14 atom stereocenters. The van der Waals surface area contributed by atoms with Gasteiger partial charge in [0.2, 0.25) is 0 Å². The zero-order valence-electron chi connectivity index (χ0n) is 81.8. The Balaban J connectivity index is 13.3. The molecule has 110 heavy (non-hydrogen) atoms. The first-order chi connectivity index (χ1) is 53.6. The summed E-state index contributed by atoms with van der Waals surface area (Å²) in [5.41, 5.74) is 0.767. The molecule has 0 saturated heterocycles. The predicted octanol–water partition coefficient (Wildman–Crippen LogP) is 40.9. The summed E-state index contributed by atoms with van der Waals surface area (Å²) in [6.45, 7) is 58.7. The Bertz CT molecular complexity index is 1830. The number of unbranched alkanes of at least 4 members (excludes halogenated alkanes) is 20. The maximum absolute atomic E-state index is 3.24. The van der Waals surface area contributed by atoms with E-state index in [1.807, 2.05) is 0 Å². The molecule has 14 unspecified atom stereocenters. The minimum atomic E-state index is 0.166. The van der Waals surface area contributed by atoms with Crippen LogP contribution in [0.1, 0.15) is 615 Å². The summed E-state index contributed by atoms with van der Waals surface area (Å²) in [6, 6.07) is 0. The fraction of sp³-hybridized carbons (Fsp3) is 1.00. The lowest BCUT2D eigenvalue weighted by atomic mass is 9.29. The lowest BCUT2D eigenvalue weighted by Crippen LogP contribution is -2.68. The topological polar surface area (TPSA) is 0 Å². The Morgan fingerprint density at radius 1 is 0.191 bits per heavy atom. The third kappa shape index (κ3) is 41.3. The van der Waals surface area contributed by atoms with Gasteiger partial charge in [-0.05, 0) is 163 Å². The molecule has 0 spiro atoms. The monoisotopic (exact) mass is 1540 g/mol. The first-order valence-electron chi connectivity index (χ1n) is 53.6. The molecule has 0 saturated carbocycles. The van der Waals surface area contributed by atoms with E-state index in [-0.39, 0.29) is 21.7 Å². The van der Waals surface area contributed by atoms with Crippen molar-refractivity contribution in [2.75, 3.05) is 0 Å². The molecular weight excluding hydrogens is 1320 g/mol. The molecule has 0 aliphatic carbocycles. The maximum Gasteiger partial charge on any atom is -0.0168 e. The van der Waals surface area contributed by atoms with Crippen molar-refractivity contribution in [3.8, 4) is 0 Å². The van der Waals surface area contributed by atoms with Gasteiger partial charge >= 0.3 is 0 Å². The smallest absolute Gasteiger partial charge is 0.0168 e. The number of hydrogen-bond donors (Lipinski definition) is 0. The van der Waals surface area contributed by atoms with Crippen molar-refractivity contribution in [2.45, 2.75) is 615 Å². The van der Waals surface area contributed by atoms with Gasteiger partial charge in [0.05, 0.1) is 0 Å². The molecular formula is C110H222. The highest BCUT2D eigenvalue weighted by molar-refractivity contribution is 5.21. The average molecular weight is 1540 g/mol. The first-order valence-corrected chi connectivity index (χ1v) is 53.6. The van der Waals surface area contributed by atoms with Crippen LogP contribution in [0, 0.1) is 92.7 Å². The van der Waals surface area contributed by atoms with Gasteiger partial charge < -0.3 is 0 Å². The standard InChI is InChI=1S/C110H222/c1-23-44-53-55-62-83-104(43-21)106(90-99(69-36-14)77-57-47-26-4)107(86-42-20,87-64-82-96(65-32-10)66-33-11)108(88-85-97(67-34-12)75-52-31-9,91-100(70-37-15)78-58-48-27-5)109(92-101(71-38-16)79-59-49-28-6,93-102(72-39-17)80-60-50-29-7)110(94-103(73-40-18)81-61-51-30-8,105(74-41-19)84-63-54-45-24-2)95(22)89-98(68-35-13)76-56-46-25-3/h95-106H,23-94H2,1-22H3. The quantitative estimate of drug-likeness (QED) is 0.0533. The summed E-state index contributed by atoms with van der Waals surface area (Å²) in [6.07, 6.45) is 104. The highest BCUT2D eigenvalue weighted by Gasteiger charge is 2.72. The van der Waals surface area contributed by atoms with Crippen LogP contribution in [0.2, 0.25) is 0 Å². The van der Waals surface area contributed by atoms with Gasteiger partial charge in [-0.25, -0.2) is 0 Å². The summed E-state index contributed by atoms with van der Waals surface area (Å²) in [5.74, 6) is 9.52. The van der Waals surface area contributed by atoms with Crippen LogP contribution in [0.25, 0.3) is 0 Å². The van der Waals surface area contributed by atoms with Crippen molar-refractivity contribution in [3.05, 3.63) is 0 Å². The molecule has 662 valence electrons. The second-order valence-electron chi connectivity index (χ2n) is 40.2. The third-order valence-corrected chi connectivity index (χ3v) is 31.1. The van der Waals surface area contributed by atoms with Crippen molar-refractivity contribution >= 4 is 0 Å². The van der Waals surface area contributed by atoms with Gasteiger partial charge in [-0.1, -0.05) is 544 Å². The molecule has 0 heterocycles. The largest absolute Gasteiger partial charge is 0.0654 e. The van der Waals surface area contributed by atoms with E-state index < -0.39 is 0 Å². The highest BCUT2D eigenvalue weighted by atomic mass is 14.8. The van der Waals surface area contributed by atoms with Crippen LogP contribution in [0.15, 0.2) is 0 Å². The number of rotatable bonds is 87. The fourth-order valence-electron chi connectivity index (χ4n) is 26.2. The van der Waals surface area contributed by atoms with Crippen molar-refractivity contribution < 1.29 is 0 Å². The van der Waals surface area contributed by atoms with E-state index in [0.717, 1.165) is 65.1 Å². The van der Waals surface area contributed by atoms with Crippen LogP contribution in [-0.2, 0) is 0 Å². The average Bonchev–Trinajstić information content (AvgIpc) is 0.673. The minimum absolute atomic E-state index is 0.166. The molecule has 0 aliphatic rings. The molecule has 0 radical (unpaired) electrons. The van der Waals surface area contributed by atoms with E-state index in [1.165, 1.54) is 417 Å². The lowest BCUT2D eigenvalue weighted by molar-refractivity contribution is -0.268. The van der Waals surface area contributed by atoms with Gasteiger partial charge in [-0.3, -0.25) is 0 Å². The van der Waals surface area contributed by atoms with Crippen molar-refractivity contribution in [3.63, 3.8) is 0 Å². The third-order valence-electron chi connectivity index (χ3n) is 31.1. The molecule has 0 amide bonds. The molecule has 0 aromatic heterocycles. The maximum atomic E-state index is 3.24.